The number of aryl methyl sites for hydroxylation is 1. The molecule has 0 spiro atoms. The van der Waals surface area contributed by atoms with Crippen LogP contribution in [0.5, 0.6) is 5.75 Å². The van der Waals surface area contributed by atoms with Crippen LogP contribution in [-0.4, -0.2) is 72.6 Å². The Morgan fingerprint density at radius 3 is 2.50 bits per heavy atom. The molecule has 5 rings (SSSR count). The first-order valence-corrected chi connectivity index (χ1v) is 13.0. The van der Waals surface area contributed by atoms with Gasteiger partial charge in [-0.2, -0.15) is 0 Å². The molecule has 1 aromatic carbocycles. The maximum Gasteiger partial charge on any atom is 0.270 e. The van der Waals surface area contributed by atoms with E-state index in [1.807, 2.05) is 28.0 Å². The largest absolute Gasteiger partial charge is 0.497 e. The van der Waals surface area contributed by atoms with Gasteiger partial charge in [-0.1, -0.05) is 0 Å². The van der Waals surface area contributed by atoms with Gasteiger partial charge in [0.15, 0.2) is 0 Å². The van der Waals surface area contributed by atoms with Crippen LogP contribution in [0.1, 0.15) is 30.3 Å². The van der Waals surface area contributed by atoms with E-state index in [2.05, 4.69) is 40.0 Å². The number of hydrogen-bond donors (Lipinski definition) is 0. The highest BCUT2D eigenvalue weighted by Gasteiger charge is 2.33. The lowest BCUT2D eigenvalue weighted by molar-refractivity contribution is -0.137. The van der Waals surface area contributed by atoms with Gasteiger partial charge in [0.1, 0.15) is 11.4 Å². The molecule has 4 heterocycles. The summed E-state index contributed by atoms with van der Waals surface area (Å²) < 4.78 is 8.49. The molecule has 2 aliphatic heterocycles. The van der Waals surface area contributed by atoms with Crippen molar-refractivity contribution in [3.63, 3.8) is 0 Å². The maximum atomic E-state index is 13.4. The highest BCUT2D eigenvalue weighted by molar-refractivity contribution is 7.17. The van der Waals surface area contributed by atoms with Gasteiger partial charge in [0.2, 0.25) is 5.91 Å². The van der Waals surface area contributed by atoms with Gasteiger partial charge in [0.25, 0.3) is 5.91 Å². The van der Waals surface area contributed by atoms with Crippen LogP contribution in [0.25, 0.3) is 10.2 Å². The van der Waals surface area contributed by atoms with E-state index in [1.165, 1.54) is 0 Å². The van der Waals surface area contributed by atoms with Crippen LogP contribution in [0.4, 0.5) is 5.69 Å². The number of piperazine rings is 1. The van der Waals surface area contributed by atoms with Crippen molar-refractivity contribution >= 4 is 39.1 Å². The van der Waals surface area contributed by atoms with Gasteiger partial charge < -0.3 is 24.0 Å². The first kappa shape index (κ1) is 22.8. The van der Waals surface area contributed by atoms with Gasteiger partial charge in [-0.05, 0) is 61.5 Å². The van der Waals surface area contributed by atoms with Crippen molar-refractivity contribution in [2.75, 3.05) is 51.3 Å². The molecule has 1 atom stereocenters. The summed E-state index contributed by atoms with van der Waals surface area (Å²) in [4.78, 5) is 33.0. The number of likely N-dealkylation sites (tertiary alicyclic amines) is 1. The van der Waals surface area contributed by atoms with Crippen LogP contribution >= 0.6 is 11.3 Å². The quantitative estimate of drug-likeness (QED) is 0.555. The van der Waals surface area contributed by atoms with Crippen LogP contribution in [0.2, 0.25) is 0 Å². The van der Waals surface area contributed by atoms with Crippen molar-refractivity contribution in [1.82, 2.24) is 14.4 Å². The third-order valence-corrected chi connectivity index (χ3v) is 8.00. The molecular formula is C26H32N4O3S. The molecule has 8 heteroatoms. The zero-order valence-corrected chi connectivity index (χ0v) is 20.7. The van der Waals surface area contributed by atoms with E-state index in [0.717, 1.165) is 66.4 Å². The number of ether oxygens (including phenoxy) is 1. The monoisotopic (exact) mass is 480 g/mol. The molecule has 0 bridgehead atoms. The van der Waals surface area contributed by atoms with Crippen LogP contribution in [-0.2, 0) is 11.3 Å². The number of amides is 2. The molecular weight excluding hydrogens is 448 g/mol. The van der Waals surface area contributed by atoms with Gasteiger partial charge in [0.05, 0.1) is 23.2 Å². The zero-order chi connectivity index (χ0) is 23.7. The number of anilines is 1. The van der Waals surface area contributed by atoms with Crippen LogP contribution in [0.3, 0.4) is 0 Å². The topological polar surface area (TPSA) is 58.0 Å². The number of benzene rings is 1. The predicted octanol–water partition coefficient (Wildman–Crippen LogP) is 3.93. The third kappa shape index (κ3) is 4.27. The minimum atomic E-state index is -0.114. The van der Waals surface area contributed by atoms with Crippen molar-refractivity contribution in [2.24, 2.45) is 5.92 Å². The number of hydrogen-bond acceptors (Lipinski definition) is 5. The van der Waals surface area contributed by atoms with Crippen LogP contribution in [0, 0.1) is 5.92 Å². The fourth-order valence-electron chi connectivity index (χ4n) is 5.26. The predicted molar refractivity (Wildman–Crippen MR) is 136 cm³/mol. The number of piperidine rings is 1. The molecule has 0 radical (unpaired) electrons. The van der Waals surface area contributed by atoms with Crippen LogP contribution < -0.4 is 9.64 Å². The fraction of sp³-hybridized carbons (Fsp3) is 0.462. The summed E-state index contributed by atoms with van der Waals surface area (Å²) in [5.74, 6) is 0.974. The fourth-order valence-corrected chi connectivity index (χ4v) is 6.08. The lowest BCUT2D eigenvalue weighted by Gasteiger charge is -2.39. The molecule has 180 valence electrons. The molecule has 2 amide bonds. The van der Waals surface area contributed by atoms with Crippen molar-refractivity contribution in [3.05, 3.63) is 47.5 Å². The van der Waals surface area contributed by atoms with Crippen molar-refractivity contribution < 1.29 is 14.3 Å². The number of methoxy groups -OCH3 is 1. The van der Waals surface area contributed by atoms with E-state index in [1.54, 1.807) is 18.4 Å². The van der Waals surface area contributed by atoms with Crippen LogP contribution in [0.15, 0.2) is 41.8 Å². The summed E-state index contributed by atoms with van der Waals surface area (Å²) in [6.45, 7) is 7.12. The Hall–Kier alpha value is -3.00. The average molecular weight is 481 g/mol. The molecule has 34 heavy (non-hydrogen) atoms. The molecule has 0 aliphatic carbocycles. The Labute approximate surface area is 204 Å². The second-order valence-corrected chi connectivity index (χ2v) is 9.99. The van der Waals surface area contributed by atoms with Gasteiger partial charge in [-0.15, -0.1) is 11.3 Å². The Kier molecular flexibility index (Phi) is 6.50. The molecule has 2 saturated heterocycles. The van der Waals surface area contributed by atoms with E-state index in [4.69, 9.17) is 4.74 Å². The SMILES string of the molecule is CCn1c(C(=O)N2CCC[C@H](C(=O)N3CCN(c4ccc(OC)cc4)CC3)C2)cc2sccc21. The number of nitrogens with zero attached hydrogens (tertiary/aromatic N) is 4. The van der Waals surface area contributed by atoms with E-state index < -0.39 is 0 Å². The minimum Gasteiger partial charge on any atom is -0.497 e. The second-order valence-electron chi connectivity index (χ2n) is 9.04. The van der Waals surface area contributed by atoms with Gasteiger partial charge in [0, 0.05) is 51.5 Å². The Morgan fingerprint density at radius 2 is 1.79 bits per heavy atom. The first-order chi connectivity index (χ1) is 16.6. The highest BCUT2D eigenvalue weighted by Crippen LogP contribution is 2.28. The lowest BCUT2D eigenvalue weighted by Crippen LogP contribution is -2.53. The molecule has 3 aromatic rings. The average Bonchev–Trinajstić information content (AvgIpc) is 3.49. The number of fused-ring (bicyclic) bond motifs is 1. The minimum absolute atomic E-state index is 0.0482. The Morgan fingerprint density at radius 1 is 1.03 bits per heavy atom. The summed E-state index contributed by atoms with van der Waals surface area (Å²) in [6.07, 6.45) is 1.72. The Bertz CT molecular complexity index is 1160. The lowest BCUT2D eigenvalue weighted by atomic mass is 9.96. The summed E-state index contributed by atoms with van der Waals surface area (Å²) in [6, 6.07) is 12.2. The first-order valence-electron chi connectivity index (χ1n) is 12.1. The number of thiophene rings is 1. The maximum absolute atomic E-state index is 13.4. The van der Waals surface area contributed by atoms with E-state index >= 15 is 0 Å². The number of rotatable bonds is 5. The molecule has 2 aromatic heterocycles. The van der Waals surface area contributed by atoms with E-state index in [9.17, 15) is 9.59 Å². The smallest absolute Gasteiger partial charge is 0.270 e. The molecule has 7 nitrogen and oxygen atoms in total. The van der Waals surface area contributed by atoms with E-state index in [-0.39, 0.29) is 17.7 Å². The van der Waals surface area contributed by atoms with Crippen molar-refractivity contribution in [3.8, 4) is 5.75 Å². The summed E-state index contributed by atoms with van der Waals surface area (Å²) in [5, 5.41) is 2.06. The molecule has 0 N–H and O–H groups in total. The third-order valence-electron chi connectivity index (χ3n) is 7.14. The molecule has 2 aliphatic rings. The van der Waals surface area contributed by atoms with E-state index in [0.29, 0.717) is 19.6 Å². The van der Waals surface area contributed by atoms with Gasteiger partial charge in [-0.3, -0.25) is 9.59 Å². The van der Waals surface area contributed by atoms with Crippen molar-refractivity contribution in [1.29, 1.82) is 0 Å². The van der Waals surface area contributed by atoms with Gasteiger partial charge >= 0.3 is 0 Å². The molecule has 0 saturated carbocycles. The number of carbonyl (C=O) groups is 2. The standard InChI is InChI=1S/C26H32N4O3S/c1-3-30-22-10-16-34-24(22)17-23(30)26(32)29-11-4-5-19(18-29)25(31)28-14-12-27(13-15-28)20-6-8-21(33-2)9-7-20/h6-10,16-17,19H,3-5,11-15,18H2,1-2H3/t19-/m0/s1. The number of carbonyl (C=O) groups excluding carboxylic acids is 2. The van der Waals surface area contributed by atoms with Crippen molar-refractivity contribution in [2.45, 2.75) is 26.3 Å². The summed E-state index contributed by atoms with van der Waals surface area (Å²) in [5.41, 5.74) is 3.02. The Balaban J connectivity index is 1.21. The molecule has 2 fully saturated rings. The zero-order valence-electron chi connectivity index (χ0n) is 19.9. The second kappa shape index (κ2) is 9.70. The summed E-state index contributed by atoms with van der Waals surface area (Å²) >= 11 is 1.66. The number of aromatic nitrogens is 1. The highest BCUT2D eigenvalue weighted by atomic mass is 32.1. The molecule has 0 unspecified atom stereocenters. The normalized spacial score (nSPS) is 19.0. The summed E-state index contributed by atoms with van der Waals surface area (Å²) in [7, 11) is 1.67. The van der Waals surface area contributed by atoms with Gasteiger partial charge in [-0.25, -0.2) is 0 Å².